The van der Waals surface area contributed by atoms with Crippen LogP contribution in [0.25, 0.3) is 16.7 Å². The van der Waals surface area contributed by atoms with Crippen molar-refractivity contribution in [1.29, 1.82) is 0 Å². The van der Waals surface area contributed by atoms with E-state index in [1.54, 1.807) is 11.0 Å². The van der Waals surface area contributed by atoms with Gasteiger partial charge in [-0.05, 0) is 65.6 Å². The van der Waals surface area contributed by atoms with Crippen LogP contribution >= 0.6 is 0 Å². The lowest BCUT2D eigenvalue weighted by molar-refractivity contribution is 0.0538. The molecule has 2 atom stereocenters. The van der Waals surface area contributed by atoms with Crippen molar-refractivity contribution in [2.75, 3.05) is 6.61 Å². The van der Waals surface area contributed by atoms with Crippen LogP contribution in [0.3, 0.4) is 0 Å². The van der Waals surface area contributed by atoms with Crippen molar-refractivity contribution in [3.05, 3.63) is 101 Å². The summed E-state index contributed by atoms with van der Waals surface area (Å²) in [7, 11) is 0. The predicted octanol–water partition coefficient (Wildman–Crippen LogP) is 7.06. The van der Waals surface area contributed by atoms with E-state index in [0.29, 0.717) is 18.4 Å². The number of rotatable bonds is 3. The van der Waals surface area contributed by atoms with Gasteiger partial charge in [0.15, 0.2) is 11.6 Å². The first-order valence-electron chi connectivity index (χ1n) is 12.0. The number of halogens is 3. The van der Waals surface area contributed by atoms with Crippen molar-refractivity contribution in [2.45, 2.75) is 43.7 Å². The molecule has 1 aliphatic carbocycles. The second-order valence-corrected chi connectivity index (χ2v) is 9.48. The fourth-order valence-electron chi connectivity index (χ4n) is 5.99. The SMILES string of the molecule is O=C(OCC1c2ccccc2-c2ccccc21)N1C2C=C(c3c(F)ccc(F)c3F)CC1CCC2. The number of piperidine rings is 1. The zero-order valence-electron chi connectivity index (χ0n) is 19.0. The van der Waals surface area contributed by atoms with Crippen LogP contribution in [0.15, 0.2) is 66.7 Å². The smallest absolute Gasteiger partial charge is 0.410 e. The number of amides is 1. The summed E-state index contributed by atoms with van der Waals surface area (Å²) in [6.45, 7) is 0.215. The third-order valence-corrected chi connectivity index (χ3v) is 7.55. The molecule has 3 nitrogen and oxygen atoms in total. The van der Waals surface area contributed by atoms with E-state index in [9.17, 15) is 18.0 Å². The fraction of sp³-hybridized carbons (Fsp3) is 0.276. The summed E-state index contributed by atoms with van der Waals surface area (Å²) in [5.74, 6) is -3.09. The van der Waals surface area contributed by atoms with Crippen molar-refractivity contribution in [3.8, 4) is 11.1 Å². The molecule has 0 N–H and O–H groups in total. The molecule has 0 radical (unpaired) electrons. The van der Waals surface area contributed by atoms with E-state index in [-0.39, 0.29) is 36.6 Å². The first-order chi connectivity index (χ1) is 17.0. The molecule has 178 valence electrons. The van der Waals surface area contributed by atoms with Crippen LogP contribution in [0.4, 0.5) is 18.0 Å². The molecule has 1 saturated heterocycles. The average Bonchev–Trinajstić information content (AvgIpc) is 3.18. The number of carbonyl (C=O) groups excluding carboxylic acids is 1. The van der Waals surface area contributed by atoms with Crippen LogP contribution in [-0.2, 0) is 4.74 Å². The van der Waals surface area contributed by atoms with Gasteiger partial charge in [0.05, 0.1) is 11.6 Å². The van der Waals surface area contributed by atoms with Gasteiger partial charge in [-0.1, -0.05) is 54.6 Å². The Hall–Kier alpha value is -3.54. The minimum atomic E-state index is -1.18. The van der Waals surface area contributed by atoms with Gasteiger partial charge in [-0.2, -0.15) is 0 Å². The van der Waals surface area contributed by atoms with Crippen molar-refractivity contribution in [3.63, 3.8) is 0 Å². The first kappa shape index (κ1) is 22.0. The van der Waals surface area contributed by atoms with E-state index in [0.717, 1.165) is 40.8 Å². The molecule has 0 saturated carbocycles. The maximum absolute atomic E-state index is 14.5. The van der Waals surface area contributed by atoms with Crippen LogP contribution < -0.4 is 0 Å². The molecule has 3 aromatic rings. The minimum Gasteiger partial charge on any atom is -0.448 e. The molecule has 2 unspecified atom stereocenters. The van der Waals surface area contributed by atoms with Crippen molar-refractivity contribution in [2.24, 2.45) is 0 Å². The third kappa shape index (κ3) is 3.63. The molecule has 1 amide bonds. The lowest BCUT2D eigenvalue weighted by Crippen LogP contribution is -2.52. The van der Waals surface area contributed by atoms with Gasteiger partial charge in [0.25, 0.3) is 0 Å². The quantitative estimate of drug-likeness (QED) is 0.380. The molecule has 2 aliphatic heterocycles. The monoisotopic (exact) mass is 475 g/mol. The second-order valence-electron chi connectivity index (χ2n) is 9.48. The molecule has 35 heavy (non-hydrogen) atoms. The topological polar surface area (TPSA) is 29.5 Å². The van der Waals surface area contributed by atoms with Gasteiger partial charge in [0, 0.05) is 12.0 Å². The van der Waals surface area contributed by atoms with Gasteiger partial charge in [-0.15, -0.1) is 0 Å². The lowest BCUT2D eigenvalue weighted by Gasteiger charge is -2.44. The van der Waals surface area contributed by atoms with E-state index in [2.05, 4.69) is 24.3 Å². The minimum absolute atomic E-state index is 0.0439. The summed E-state index contributed by atoms with van der Waals surface area (Å²) in [6.07, 6.45) is 3.83. The highest BCUT2D eigenvalue weighted by Crippen LogP contribution is 2.45. The Bertz CT molecular complexity index is 1310. The summed E-state index contributed by atoms with van der Waals surface area (Å²) in [4.78, 5) is 15.0. The number of nitrogens with zero attached hydrogens (tertiary/aromatic N) is 1. The van der Waals surface area contributed by atoms with Gasteiger partial charge in [-0.3, -0.25) is 4.90 Å². The summed E-state index contributed by atoms with van der Waals surface area (Å²) in [5, 5.41) is 0. The maximum atomic E-state index is 14.5. The third-order valence-electron chi connectivity index (χ3n) is 7.55. The Morgan fingerprint density at radius 3 is 2.23 bits per heavy atom. The molecule has 1 fully saturated rings. The average molecular weight is 476 g/mol. The zero-order valence-corrected chi connectivity index (χ0v) is 19.0. The highest BCUT2D eigenvalue weighted by atomic mass is 19.2. The molecule has 0 spiro atoms. The summed E-state index contributed by atoms with van der Waals surface area (Å²) >= 11 is 0. The van der Waals surface area contributed by atoms with Crippen LogP contribution in [-0.4, -0.2) is 29.7 Å². The van der Waals surface area contributed by atoms with Crippen molar-refractivity contribution >= 4 is 11.7 Å². The Balaban J connectivity index is 1.24. The van der Waals surface area contributed by atoms with E-state index in [4.69, 9.17) is 4.74 Å². The second kappa shape index (κ2) is 8.59. The lowest BCUT2D eigenvalue weighted by atomic mass is 9.83. The maximum Gasteiger partial charge on any atom is 0.410 e. The Morgan fingerprint density at radius 2 is 1.54 bits per heavy atom. The number of benzene rings is 3. The fourth-order valence-corrected chi connectivity index (χ4v) is 5.99. The Labute approximate surface area is 201 Å². The van der Waals surface area contributed by atoms with Crippen molar-refractivity contribution in [1.82, 2.24) is 4.90 Å². The summed E-state index contributed by atoms with van der Waals surface area (Å²) in [6, 6.07) is 17.5. The zero-order chi connectivity index (χ0) is 24.1. The molecule has 3 aromatic carbocycles. The van der Waals surface area contributed by atoms with Crippen LogP contribution in [0.5, 0.6) is 0 Å². The molecule has 6 rings (SSSR count). The Morgan fingerprint density at radius 1 is 0.886 bits per heavy atom. The Kier molecular flexibility index (Phi) is 5.39. The normalized spacial score (nSPS) is 20.8. The molecule has 2 bridgehead atoms. The van der Waals surface area contributed by atoms with Gasteiger partial charge in [0.2, 0.25) is 0 Å². The number of carbonyl (C=O) groups is 1. The number of hydrogen-bond acceptors (Lipinski definition) is 2. The molecule has 3 aliphatic rings. The van der Waals surface area contributed by atoms with E-state index < -0.39 is 23.5 Å². The number of ether oxygens (including phenoxy) is 1. The molecule has 2 heterocycles. The molecular weight excluding hydrogens is 451 g/mol. The molecular formula is C29H24F3NO2. The highest BCUT2D eigenvalue weighted by Gasteiger charge is 2.40. The highest BCUT2D eigenvalue weighted by molar-refractivity contribution is 5.79. The molecule has 6 heteroatoms. The summed E-state index contributed by atoms with van der Waals surface area (Å²) in [5.41, 5.74) is 4.68. The van der Waals surface area contributed by atoms with Crippen LogP contribution in [0.1, 0.15) is 48.3 Å². The van der Waals surface area contributed by atoms with E-state index in [1.165, 1.54) is 0 Å². The van der Waals surface area contributed by atoms with Crippen LogP contribution in [0, 0.1) is 17.5 Å². The standard InChI is InChI=1S/C29H24F3NO2/c30-25-12-13-26(31)28(32)27(25)17-14-18-6-5-7-19(15-17)33(18)29(34)35-16-24-22-10-3-1-8-20(22)21-9-2-4-11-23(21)24/h1-4,8-14,18-19,24H,5-7,15-16H2. The van der Waals surface area contributed by atoms with E-state index >= 15 is 0 Å². The number of hydrogen-bond donors (Lipinski definition) is 0. The van der Waals surface area contributed by atoms with E-state index in [1.807, 2.05) is 24.3 Å². The largest absolute Gasteiger partial charge is 0.448 e. The van der Waals surface area contributed by atoms with Crippen molar-refractivity contribution < 1.29 is 22.7 Å². The van der Waals surface area contributed by atoms with Gasteiger partial charge in [0.1, 0.15) is 12.4 Å². The number of fused-ring (bicyclic) bond motifs is 5. The van der Waals surface area contributed by atoms with Gasteiger partial charge in [-0.25, -0.2) is 18.0 Å². The van der Waals surface area contributed by atoms with Gasteiger partial charge < -0.3 is 4.74 Å². The first-order valence-corrected chi connectivity index (χ1v) is 12.0. The van der Waals surface area contributed by atoms with Crippen LogP contribution in [0.2, 0.25) is 0 Å². The molecule has 0 aromatic heterocycles. The summed E-state index contributed by atoms with van der Waals surface area (Å²) < 4.78 is 48.6. The predicted molar refractivity (Wildman–Crippen MR) is 127 cm³/mol. The van der Waals surface area contributed by atoms with Gasteiger partial charge >= 0.3 is 6.09 Å².